The Morgan fingerprint density at radius 2 is 2.06 bits per heavy atom. The molecular formula is C12H15F2NO. The topological polar surface area (TPSA) is 35.2 Å². The Labute approximate surface area is 93.4 Å². The lowest BCUT2D eigenvalue weighted by molar-refractivity contribution is 0.389. The maximum atomic E-state index is 13.8. The predicted molar refractivity (Wildman–Crippen MR) is 57.5 cm³/mol. The summed E-state index contributed by atoms with van der Waals surface area (Å²) in [6.45, 7) is 0.500. The lowest BCUT2D eigenvalue weighted by atomic mass is 9.91. The molecule has 0 saturated heterocycles. The van der Waals surface area contributed by atoms with Crippen LogP contribution in [-0.2, 0) is 5.41 Å². The number of methoxy groups -OCH3 is 1. The molecule has 2 nitrogen and oxygen atoms in total. The highest BCUT2D eigenvalue weighted by Gasteiger charge is 2.47. The largest absolute Gasteiger partial charge is 0.496 e. The molecule has 0 heterocycles. The molecule has 16 heavy (non-hydrogen) atoms. The number of hydrogen-bond donors (Lipinski definition) is 1. The fraction of sp³-hybridized carbons (Fsp3) is 0.500. The molecule has 1 aliphatic carbocycles. The summed E-state index contributed by atoms with van der Waals surface area (Å²) in [5.74, 6) is -0.840. The summed E-state index contributed by atoms with van der Waals surface area (Å²) in [6, 6.07) is 2.14. The average molecular weight is 227 g/mol. The first-order chi connectivity index (χ1) is 7.63. The van der Waals surface area contributed by atoms with Crippen LogP contribution in [0.2, 0.25) is 0 Å². The zero-order chi connectivity index (χ0) is 11.8. The maximum absolute atomic E-state index is 13.8. The highest BCUT2D eigenvalue weighted by atomic mass is 19.1. The van der Waals surface area contributed by atoms with E-state index in [1.165, 1.54) is 13.2 Å². The third-order valence-electron chi connectivity index (χ3n) is 3.25. The summed E-state index contributed by atoms with van der Waals surface area (Å²) < 4.78 is 31.9. The van der Waals surface area contributed by atoms with Crippen LogP contribution in [0.3, 0.4) is 0 Å². The number of rotatable bonds is 4. The molecule has 4 heteroatoms. The summed E-state index contributed by atoms with van der Waals surface area (Å²) in [5.41, 5.74) is 5.79. The predicted octanol–water partition coefficient (Wildman–Crippen LogP) is 2.35. The maximum Gasteiger partial charge on any atom is 0.133 e. The highest BCUT2D eigenvalue weighted by molar-refractivity contribution is 5.44. The third kappa shape index (κ3) is 1.78. The Bertz CT molecular complexity index is 402. The van der Waals surface area contributed by atoms with Gasteiger partial charge in [0, 0.05) is 23.1 Å². The zero-order valence-corrected chi connectivity index (χ0v) is 9.22. The molecule has 0 radical (unpaired) electrons. The number of nitrogens with two attached hydrogens (primary N) is 1. The molecule has 1 aliphatic rings. The van der Waals surface area contributed by atoms with Gasteiger partial charge in [0.25, 0.3) is 0 Å². The molecule has 2 N–H and O–H groups in total. The van der Waals surface area contributed by atoms with Gasteiger partial charge in [-0.25, -0.2) is 8.78 Å². The van der Waals surface area contributed by atoms with Crippen molar-refractivity contribution in [3.8, 4) is 5.75 Å². The smallest absolute Gasteiger partial charge is 0.133 e. The van der Waals surface area contributed by atoms with Crippen LogP contribution in [0.5, 0.6) is 5.75 Å². The van der Waals surface area contributed by atoms with Gasteiger partial charge in [0.15, 0.2) is 0 Å². The standard InChI is InChI=1S/C12H15F2NO/c1-16-10-7-8(13)6-9(14)11(10)12(2-3-12)4-5-15/h6-7H,2-5,15H2,1H3. The van der Waals surface area contributed by atoms with E-state index < -0.39 is 11.6 Å². The summed E-state index contributed by atoms with van der Waals surface area (Å²) in [4.78, 5) is 0. The molecule has 1 saturated carbocycles. The van der Waals surface area contributed by atoms with Crippen LogP contribution < -0.4 is 10.5 Å². The van der Waals surface area contributed by atoms with Crippen molar-refractivity contribution in [1.29, 1.82) is 0 Å². The van der Waals surface area contributed by atoms with Gasteiger partial charge in [-0.3, -0.25) is 0 Å². The second-order valence-electron chi connectivity index (χ2n) is 4.28. The van der Waals surface area contributed by atoms with Crippen molar-refractivity contribution >= 4 is 0 Å². The van der Waals surface area contributed by atoms with E-state index >= 15 is 0 Å². The van der Waals surface area contributed by atoms with Gasteiger partial charge < -0.3 is 10.5 Å². The third-order valence-corrected chi connectivity index (χ3v) is 3.25. The second-order valence-corrected chi connectivity index (χ2v) is 4.28. The van der Waals surface area contributed by atoms with Crippen LogP contribution in [-0.4, -0.2) is 13.7 Å². The Hall–Kier alpha value is -1.16. The summed E-state index contributed by atoms with van der Waals surface area (Å²) in [7, 11) is 1.43. The Morgan fingerprint density at radius 1 is 1.38 bits per heavy atom. The summed E-state index contributed by atoms with van der Waals surface area (Å²) in [6.07, 6.45) is 2.50. The Morgan fingerprint density at radius 3 is 2.56 bits per heavy atom. The molecule has 0 spiro atoms. The van der Waals surface area contributed by atoms with Gasteiger partial charge in [0.05, 0.1) is 7.11 Å². The molecule has 2 rings (SSSR count). The van der Waals surface area contributed by atoms with E-state index in [0.717, 1.165) is 18.9 Å². The second kappa shape index (κ2) is 4.01. The van der Waals surface area contributed by atoms with E-state index in [0.29, 0.717) is 24.3 Å². The van der Waals surface area contributed by atoms with E-state index in [1.54, 1.807) is 0 Å². The fourth-order valence-electron chi connectivity index (χ4n) is 2.28. The zero-order valence-electron chi connectivity index (χ0n) is 9.22. The minimum atomic E-state index is -0.610. The first-order valence-corrected chi connectivity index (χ1v) is 5.36. The lowest BCUT2D eigenvalue weighted by Gasteiger charge is -2.18. The van der Waals surface area contributed by atoms with Gasteiger partial charge in [0.1, 0.15) is 17.4 Å². The summed E-state index contributed by atoms with van der Waals surface area (Å²) in [5, 5.41) is 0. The van der Waals surface area contributed by atoms with Gasteiger partial charge in [-0.2, -0.15) is 0 Å². The van der Waals surface area contributed by atoms with Crippen molar-refractivity contribution in [3.63, 3.8) is 0 Å². The SMILES string of the molecule is COc1cc(F)cc(F)c1C1(CCN)CC1. The van der Waals surface area contributed by atoms with Crippen molar-refractivity contribution in [2.45, 2.75) is 24.7 Å². The van der Waals surface area contributed by atoms with Crippen LogP contribution in [0.15, 0.2) is 12.1 Å². The molecule has 0 amide bonds. The first-order valence-electron chi connectivity index (χ1n) is 5.36. The molecule has 0 aliphatic heterocycles. The molecule has 1 aromatic carbocycles. The molecule has 1 aromatic rings. The highest BCUT2D eigenvalue weighted by Crippen LogP contribution is 2.54. The van der Waals surface area contributed by atoms with Gasteiger partial charge in [-0.15, -0.1) is 0 Å². The van der Waals surface area contributed by atoms with Gasteiger partial charge in [-0.1, -0.05) is 0 Å². The minimum Gasteiger partial charge on any atom is -0.496 e. The number of halogens is 2. The van der Waals surface area contributed by atoms with Gasteiger partial charge in [-0.05, 0) is 25.8 Å². The van der Waals surface area contributed by atoms with E-state index in [1.807, 2.05) is 0 Å². The number of hydrogen-bond acceptors (Lipinski definition) is 2. The fourth-order valence-corrected chi connectivity index (χ4v) is 2.28. The van der Waals surface area contributed by atoms with Crippen LogP contribution >= 0.6 is 0 Å². The van der Waals surface area contributed by atoms with Crippen molar-refractivity contribution in [1.82, 2.24) is 0 Å². The molecule has 0 aromatic heterocycles. The van der Waals surface area contributed by atoms with E-state index in [2.05, 4.69) is 0 Å². The van der Waals surface area contributed by atoms with E-state index in [4.69, 9.17) is 10.5 Å². The average Bonchev–Trinajstić information content (AvgIpc) is 2.97. The van der Waals surface area contributed by atoms with Crippen molar-refractivity contribution in [3.05, 3.63) is 29.3 Å². The molecule has 0 unspecified atom stereocenters. The first kappa shape index (κ1) is 11.3. The Balaban J connectivity index is 2.47. The summed E-state index contributed by atoms with van der Waals surface area (Å²) >= 11 is 0. The van der Waals surface area contributed by atoms with E-state index in [9.17, 15) is 8.78 Å². The monoisotopic (exact) mass is 227 g/mol. The number of benzene rings is 1. The molecule has 88 valence electrons. The van der Waals surface area contributed by atoms with E-state index in [-0.39, 0.29) is 5.41 Å². The van der Waals surface area contributed by atoms with Crippen LogP contribution in [0.4, 0.5) is 8.78 Å². The molecule has 1 fully saturated rings. The minimum absolute atomic E-state index is 0.224. The molecule has 0 bridgehead atoms. The van der Waals surface area contributed by atoms with Crippen molar-refractivity contribution < 1.29 is 13.5 Å². The molecular weight excluding hydrogens is 212 g/mol. The lowest BCUT2D eigenvalue weighted by Crippen LogP contribution is -2.16. The van der Waals surface area contributed by atoms with Crippen molar-refractivity contribution in [2.24, 2.45) is 5.73 Å². The number of ether oxygens (including phenoxy) is 1. The molecule has 0 atom stereocenters. The van der Waals surface area contributed by atoms with Gasteiger partial charge in [0.2, 0.25) is 0 Å². The van der Waals surface area contributed by atoms with Crippen LogP contribution in [0, 0.1) is 11.6 Å². The normalized spacial score (nSPS) is 17.2. The Kier molecular flexibility index (Phi) is 2.84. The van der Waals surface area contributed by atoms with Crippen LogP contribution in [0.1, 0.15) is 24.8 Å². The quantitative estimate of drug-likeness (QED) is 0.857. The van der Waals surface area contributed by atoms with Crippen LogP contribution in [0.25, 0.3) is 0 Å². The van der Waals surface area contributed by atoms with Gasteiger partial charge >= 0.3 is 0 Å². The van der Waals surface area contributed by atoms with Crippen molar-refractivity contribution in [2.75, 3.05) is 13.7 Å².